The van der Waals surface area contributed by atoms with E-state index >= 15 is 0 Å². The summed E-state index contributed by atoms with van der Waals surface area (Å²) in [5.41, 5.74) is 5.60. The molecule has 0 saturated carbocycles. The van der Waals surface area contributed by atoms with E-state index in [1.807, 2.05) is 13.8 Å². The van der Waals surface area contributed by atoms with Crippen LogP contribution in [0.3, 0.4) is 0 Å². The molecule has 18 heavy (non-hydrogen) atoms. The molecule has 0 unspecified atom stereocenters. The Morgan fingerprint density at radius 1 is 1.44 bits per heavy atom. The molecular weight excluding hydrogens is 279 g/mol. The minimum Gasteiger partial charge on any atom is -0.399 e. The summed E-state index contributed by atoms with van der Waals surface area (Å²) in [7, 11) is -2.52. The van der Waals surface area contributed by atoms with Crippen molar-refractivity contribution >= 4 is 27.3 Å². The molecule has 1 aromatic carbocycles. The number of nitrogen functional groups attached to an aromatic ring is 1. The molecule has 0 bridgehead atoms. The van der Waals surface area contributed by atoms with Crippen LogP contribution in [0.25, 0.3) is 0 Å². The summed E-state index contributed by atoms with van der Waals surface area (Å²) in [6.45, 7) is 4.03. The molecule has 1 aromatic rings. The van der Waals surface area contributed by atoms with Crippen LogP contribution < -0.4 is 5.73 Å². The topological polar surface area (TPSA) is 63.4 Å². The highest BCUT2D eigenvalue weighted by molar-refractivity contribution is 7.89. The average molecular weight is 295 g/mol. The summed E-state index contributed by atoms with van der Waals surface area (Å²) in [5, 5.41) is -0.300. The largest absolute Gasteiger partial charge is 0.399 e. The molecule has 0 spiro atoms. The lowest BCUT2D eigenvalue weighted by molar-refractivity contribution is 0.414. The summed E-state index contributed by atoms with van der Waals surface area (Å²) < 4.78 is 39.2. The number of anilines is 1. The lowest BCUT2D eigenvalue weighted by atomic mass is 10.2. The van der Waals surface area contributed by atoms with Crippen molar-refractivity contribution < 1.29 is 12.8 Å². The summed E-state index contributed by atoms with van der Waals surface area (Å²) in [5.74, 6) is -0.842. The number of nitrogens with two attached hydrogens (primary N) is 1. The van der Waals surface area contributed by atoms with Gasteiger partial charge in [0, 0.05) is 19.3 Å². The molecule has 0 aliphatic carbocycles. The van der Waals surface area contributed by atoms with E-state index in [1.165, 1.54) is 13.1 Å². The summed E-state index contributed by atoms with van der Waals surface area (Å²) in [6.07, 6.45) is 0. The minimum absolute atomic E-state index is 0.109. The van der Waals surface area contributed by atoms with Gasteiger partial charge in [-0.2, -0.15) is 0 Å². The van der Waals surface area contributed by atoms with Gasteiger partial charge in [-0.1, -0.05) is 25.4 Å². The Morgan fingerprint density at radius 2 is 2.00 bits per heavy atom. The van der Waals surface area contributed by atoms with Gasteiger partial charge in [0.2, 0.25) is 10.0 Å². The van der Waals surface area contributed by atoms with Gasteiger partial charge in [-0.05, 0) is 18.1 Å². The first-order valence-electron chi connectivity index (χ1n) is 5.37. The highest BCUT2D eigenvalue weighted by Crippen LogP contribution is 2.27. The normalized spacial score (nSPS) is 12.4. The zero-order valence-corrected chi connectivity index (χ0v) is 12.0. The molecule has 0 amide bonds. The van der Waals surface area contributed by atoms with Gasteiger partial charge in [-0.25, -0.2) is 17.1 Å². The van der Waals surface area contributed by atoms with E-state index in [2.05, 4.69) is 0 Å². The smallest absolute Gasteiger partial charge is 0.245 e. The summed E-state index contributed by atoms with van der Waals surface area (Å²) in [6, 6.07) is 2.26. The molecule has 2 N–H and O–H groups in total. The number of nitrogens with zero attached hydrogens (tertiary/aromatic N) is 1. The fourth-order valence-corrected chi connectivity index (χ4v) is 3.29. The molecule has 0 fully saturated rings. The molecule has 0 aliphatic rings. The maximum absolute atomic E-state index is 13.8. The Labute approximate surface area is 112 Å². The van der Waals surface area contributed by atoms with Crippen molar-refractivity contribution in [2.45, 2.75) is 18.7 Å². The fourth-order valence-electron chi connectivity index (χ4n) is 1.55. The van der Waals surface area contributed by atoms with E-state index in [9.17, 15) is 12.8 Å². The van der Waals surface area contributed by atoms with E-state index in [1.54, 1.807) is 0 Å². The van der Waals surface area contributed by atoms with Gasteiger partial charge in [-0.15, -0.1) is 0 Å². The number of benzene rings is 1. The van der Waals surface area contributed by atoms with Gasteiger partial charge < -0.3 is 5.73 Å². The van der Waals surface area contributed by atoms with Gasteiger partial charge in [0.25, 0.3) is 0 Å². The second-order valence-corrected chi connectivity index (χ2v) is 6.91. The molecule has 0 atom stereocenters. The van der Waals surface area contributed by atoms with Crippen LogP contribution in [-0.2, 0) is 10.0 Å². The number of rotatable bonds is 4. The quantitative estimate of drug-likeness (QED) is 0.867. The zero-order chi connectivity index (χ0) is 14.1. The predicted molar refractivity (Wildman–Crippen MR) is 70.5 cm³/mol. The van der Waals surface area contributed by atoms with Crippen LogP contribution in [0.5, 0.6) is 0 Å². The first kappa shape index (κ1) is 15.2. The van der Waals surface area contributed by atoms with Crippen molar-refractivity contribution in [2.75, 3.05) is 19.3 Å². The molecule has 0 aromatic heterocycles. The Bertz CT molecular complexity index is 546. The molecule has 0 heterocycles. The lowest BCUT2D eigenvalue weighted by Gasteiger charge is -2.20. The maximum Gasteiger partial charge on any atom is 0.245 e. The van der Waals surface area contributed by atoms with Gasteiger partial charge in [0.05, 0.1) is 5.02 Å². The number of hydrogen-bond donors (Lipinski definition) is 1. The molecule has 4 nitrogen and oxygen atoms in total. The molecule has 7 heteroatoms. The van der Waals surface area contributed by atoms with Crippen LogP contribution in [0.15, 0.2) is 17.0 Å². The number of hydrogen-bond acceptors (Lipinski definition) is 3. The number of halogens is 2. The summed E-state index contributed by atoms with van der Waals surface area (Å²) in [4.78, 5) is -0.490. The average Bonchev–Trinajstić information content (AvgIpc) is 2.22. The lowest BCUT2D eigenvalue weighted by Crippen LogP contribution is -2.31. The molecule has 1 rings (SSSR count). The first-order chi connectivity index (χ1) is 8.16. The number of sulfonamides is 1. The zero-order valence-electron chi connectivity index (χ0n) is 10.4. The Hall–Kier alpha value is -0.850. The van der Waals surface area contributed by atoms with Crippen molar-refractivity contribution in [3.8, 4) is 0 Å². The second-order valence-electron chi connectivity index (χ2n) is 4.49. The second kappa shape index (κ2) is 5.42. The Kier molecular flexibility index (Phi) is 4.58. The van der Waals surface area contributed by atoms with Gasteiger partial charge in [0.1, 0.15) is 4.90 Å². The van der Waals surface area contributed by atoms with Crippen LogP contribution in [0.2, 0.25) is 5.02 Å². The highest BCUT2D eigenvalue weighted by Gasteiger charge is 2.26. The summed E-state index contributed by atoms with van der Waals surface area (Å²) >= 11 is 5.60. The monoisotopic (exact) mass is 294 g/mol. The van der Waals surface area contributed by atoms with Crippen LogP contribution in [-0.4, -0.2) is 26.3 Å². The Balaban J connectivity index is 3.29. The third-order valence-electron chi connectivity index (χ3n) is 2.33. The van der Waals surface area contributed by atoms with E-state index in [4.69, 9.17) is 17.3 Å². The molecular formula is C11H16ClFN2O2S. The molecule has 102 valence electrons. The minimum atomic E-state index is -3.92. The molecule has 0 radical (unpaired) electrons. The van der Waals surface area contributed by atoms with Crippen molar-refractivity contribution in [3.63, 3.8) is 0 Å². The third kappa shape index (κ3) is 3.13. The van der Waals surface area contributed by atoms with E-state index in [0.717, 1.165) is 10.4 Å². The van der Waals surface area contributed by atoms with E-state index < -0.39 is 20.7 Å². The molecule has 0 aliphatic heterocycles. The van der Waals surface area contributed by atoms with Gasteiger partial charge >= 0.3 is 0 Å². The van der Waals surface area contributed by atoms with E-state index in [-0.39, 0.29) is 23.2 Å². The predicted octanol–water partition coefficient (Wildman–Crippen LogP) is 2.34. The van der Waals surface area contributed by atoms with Gasteiger partial charge in [-0.3, -0.25) is 0 Å². The van der Waals surface area contributed by atoms with Gasteiger partial charge in [0.15, 0.2) is 5.82 Å². The van der Waals surface area contributed by atoms with Crippen LogP contribution in [0.4, 0.5) is 10.1 Å². The maximum atomic E-state index is 13.8. The third-order valence-corrected chi connectivity index (χ3v) is 4.43. The molecule has 0 saturated heterocycles. The van der Waals surface area contributed by atoms with Crippen LogP contribution in [0.1, 0.15) is 13.8 Å². The van der Waals surface area contributed by atoms with E-state index in [0.29, 0.717) is 0 Å². The standard InChI is InChI=1S/C11H16ClFN2O2S/c1-7(2)6-15(3)18(16,17)10-5-8(14)4-9(12)11(10)13/h4-5,7H,6,14H2,1-3H3. The van der Waals surface area contributed by atoms with Crippen molar-refractivity contribution in [1.29, 1.82) is 0 Å². The first-order valence-corrected chi connectivity index (χ1v) is 7.19. The van der Waals surface area contributed by atoms with Crippen molar-refractivity contribution in [3.05, 3.63) is 23.0 Å². The van der Waals surface area contributed by atoms with Crippen LogP contribution in [0, 0.1) is 11.7 Å². The highest BCUT2D eigenvalue weighted by atomic mass is 35.5. The SMILES string of the molecule is CC(C)CN(C)S(=O)(=O)c1cc(N)cc(Cl)c1F. The fraction of sp³-hybridized carbons (Fsp3) is 0.455. The van der Waals surface area contributed by atoms with Crippen molar-refractivity contribution in [2.24, 2.45) is 5.92 Å². The Morgan fingerprint density at radius 3 is 2.50 bits per heavy atom. The van der Waals surface area contributed by atoms with Crippen LogP contribution >= 0.6 is 11.6 Å². The van der Waals surface area contributed by atoms with Crippen molar-refractivity contribution in [1.82, 2.24) is 4.31 Å².